The molecule has 2 aromatic rings. The third kappa shape index (κ3) is 3.81. The highest BCUT2D eigenvalue weighted by atomic mass is 35.5. The third-order valence-electron chi connectivity index (χ3n) is 2.63. The van der Waals surface area contributed by atoms with E-state index in [0.29, 0.717) is 22.5 Å². The molecule has 0 unspecified atom stereocenters. The summed E-state index contributed by atoms with van der Waals surface area (Å²) in [6, 6.07) is 5.52. The zero-order chi connectivity index (χ0) is 13.7. The molecule has 0 amide bonds. The molecule has 102 valence electrons. The second-order valence-electron chi connectivity index (χ2n) is 4.13. The zero-order valence-electron chi connectivity index (χ0n) is 10.6. The van der Waals surface area contributed by atoms with Crippen LogP contribution in [0.5, 0.6) is 0 Å². The van der Waals surface area contributed by atoms with Gasteiger partial charge in [0.15, 0.2) is 0 Å². The normalized spacial score (nSPS) is 10.7. The Morgan fingerprint density at radius 1 is 1.32 bits per heavy atom. The van der Waals surface area contributed by atoms with Crippen LogP contribution in [0.4, 0.5) is 5.95 Å². The van der Waals surface area contributed by atoms with Gasteiger partial charge in [-0.25, -0.2) is 0 Å². The first kappa shape index (κ1) is 14.1. The number of benzene rings is 1. The molecular formula is C12H15Cl2N5. The van der Waals surface area contributed by atoms with Crippen molar-refractivity contribution in [2.45, 2.75) is 32.9 Å². The maximum absolute atomic E-state index is 6.10. The number of aromatic nitrogens is 4. The van der Waals surface area contributed by atoms with Crippen molar-refractivity contribution in [2.24, 2.45) is 0 Å². The van der Waals surface area contributed by atoms with Crippen LogP contribution in [0.3, 0.4) is 0 Å². The minimum absolute atomic E-state index is 0.493. The Balaban J connectivity index is 1.95. The summed E-state index contributed by atoms with van der Waals surface area (Å²) in [6.45, 7) is 3.42. The molecule has 19 heavy (non-hydrogen) atoms. The first-order chi connectivity index (χ1) is 9.20. The maximum Gasteiger partial charge on any atom is 0.263 e. The lowest BCUT2D eigenvalue weighted by molar-refractivity contribution is 0.496. The Hall–Kier alpha value is -1.33. The molecule has 1 aromatic carbocycles. The number of rotatable bonds is 6. The summed E-state index contributed by atoms with van der Waals surface area (Å²) in [6.07, 6.45) is 2.14. The first-order valence-electron chi connectivity index (χ1n) is 6.15. The predicted octanol–water partition coefficient (Wildman–Crippen LogP) is 3.39. The second kappa shape index (κ2) is 6.73. The molecule has 2 rings (SSSR count). The quantitative estimate of drug-likeness (QED) is 0.888. The number of tetrazole rings is 1. The summed E-state index contributed by atoms with van der Waals surface area (Å²) < 4.78 is 0. The molecule has 7 heteroatoms. The highest BCUT2D eigenvalue weighted by Gasteiger charge is 2.06. The number of unbranched alkanes of at least 4 members (excludes halogenated alkanes) is 1. The van der Waals surface area contributed by atoms with Crippen molar-refractivity contribution in [3.8, 4) is 0 Å². The third-order valence-corrected chi connectivity index (χ3v) is 3.49. The van der Waals surface area contributed by atoms with E-state index >= 15 is 0 Å². The van der Waals surface area contributed by atoms with Gasteiger partial charge in [-0.3, -0.25) is 0 Å². The van der Waals surface area contributed by atoms with Gasteiger partial charge in [-0.1, -0.05) is 53.8 Å². The summed E-state index contributed by atoms with van der Waals surface area (Å²) >= 11 is 12.0. The number of nitrogens with one attached hydrogen (secondary N) is 1. The van der Waals surface area contributed by atoms with Crippen LogP contribution in [0, 0.1) is 0 Å². The number of aryl methyl sites for hydroxylation is 1. The topological polar surface area (TPSA) is 55.6 Å². The van der Waals surface area contributed by atoms with E-state index in [1.807, 2.05) is 12.1 Å². The van der Waals surface area contributed by atoms with E-state index < -0.39 is 0 Å². The fraction of sp³-hybridized carbons (Fsp3) is 0.417. The van der Waals surface area contributed by atoms with Gasteiger partial charge in [0.2, 0.25) is 0 Å². The number of nitrogens with zero attached hydrogens (tertiary/aromatic N) is 4. The Labute approximate surface area is 121 Å². The molecule has 0 spiro atoms. The summed E-state index contributed by atoms with van der Waals surface area (Å²) in [4.78, 5) is 1.59. The van der Waals surface area contributed by atoms with E-state index in [-0.39, 0.29) is 0 Å². The molecule has 0 aliphatic heterocycles. The van der Waals surface area contributed by atoms with Gasteiger partial charge in [0.25, 0.3) is 5.95 Å². The lowest BCUT2D eigenvalue weighted by Crippen LogP contribution is -2.04. The lowest BCUT2D eigenvalue weighted by Gasteiger charge is -2.05. The minimum atomic E-state index is 0.493. The second-order valence-corrected chi connectivity index (χ2v) is 4.91. The molecule has 1 N–H and O–H groups in total. The van der Waals surface area contributed by atoms with Crippen LogP contribution in [0.15, 0.2) is 18.2 Å². The van der Waals surface area contributed by atoms with Gasteiger partial charge >= 0.3 is 0 Å². The Kier molecular flexibility index (Phi) is 4.99. The molecule has 0 saturated carbocycles. The highest BCUT2D eigenvalue weighted by Crippen LogP contribution is 2.25. The predicted molar refractivity (Wildman–Crippen MR) is 76.5 cm³/mol. The van der Waals surface area contributed by atoms with Gasteiger partial charge in [0, 0.05) is 6.54 Å². The lowest BCUT2D eigenvalue weighted by atomic mass is 10.2. The maximum atomic E-state index is 6.10. The van der Waals surface area contributed by atoms with Crippen molar-refractivity contribution in [1.82, 2.24) is 20.2 Å². The van der Waals surface area contributed by atoms with Gasteiger partial charge in [0.1, 0.15) is 0 Å². The van der Waals surface area contributed by atoms with Gasteiger partial charge in [-0.05, 0) is 23.3 Å². The minimum Gasteiger partial charge on any atom is -0.347 e. The van der Waals surface area contributed by atoms with E-state index in [9.17, 15) is 0 Å². The molecule has 1 heterocycles. The van der Waals surface area contributed by atoms with Crippen LogP contribution in [-0.4, -0.2) is 20.2 Å². The van der Waals surface area contributed by atoms with Gasteiger partial charge in [-0.15, -0.1) is 5.10 Å². The van der Waals surface area contributed by atoms with Crippen LogP contribution < -0.4 is 5.32 Å². The highest BCUT2D eigenvalue weighted by molar-refractivity contribution is 6.42. The standard InChI is InChI=1S/C12H15Cl2N5/c1-2-3-7-19-17-12(16-18-19)15-8-9-5-4-6-10(13)11(9)14/h4-6H,2-3,7-8H2,1H3,(H,15,17). The van der Waals surface area contributed by atoms with Crippen LogP contribution in [0.1, 0.15) is 25.3 Å². The summed E-state index contributed by atoms with van der Waals surface area (Å²) in [5, 5.41) is 16.3. The van der Waals surface area contributed by atoms with Crippen LogP contribution in [-0.2, 0) is 13.1 Å². The van der Waals surface area contributed by atoms with E-state index in [4.69, 9.17) is 23.2 Å². The van der Waals surface area contributed by atoms with Crippen molar-refractivity contribution >= 4 is 29.2 Å². The summed E-state index contributed by atoms with van der Waals surface area (Å²) in [5.41, 5.74) is 0.902. The molecule has 1 aromatic heterocycles. The van der Waals surface area contributed by atoms with E-state index in [1.54, 1.807) is 10.9 Å². The molecule has 5 nitrogen and oxygen atoms in total. The van der Waals surface area contributed by atoms with Crippen molar-refractivity contribution in [1.29, 1.82) is 0 Å². The average Bonchev–Trinajstić information content (AvgIpc) is 2.86. The van der Waals surface area contributed by atoms with Crippen molar-refractivity contribution in [3.05, 3.63) is 33.8 Å². The number of hydrogen-bond donors (Lipinski definition) is 1. The molecule has 0 aliphatic carbocycles. The fourth-order valence-electron chi connectivity index (χ4n) is 1.57. The molecular weight excluding hydrogens is 285 g/mol. The Morgan fingerprint density at radius 2 is 2.16 bits per heavy atom. The van der Waals surface area contributed by atoms with E-state index in [1.165, 1.54) is 0 Å². The molecule has 0 atom stereocenters. The molecule has 0 fully saturated rings. The average molecular weight is 300 g/mol. The van der Waals surface area contributed by atoms with Crippen LogP contribution in [0.25, 0.3) is 0 Å². The molecule has 0 radical (unpaired) electrons. The van der Waals surface area contributed by atoms with Crippen molar-refractivity contribution in [2.75, 3.05) is 5.32 Å². The smallest absolute Gasteiger partial charge is 0.263 e. The summed E-state index contributed by atoms with van der Waals surface area (Å²) in [5.74, 6) is 0.493. The van der Waals surface area contributed by atoms with Gasteiger partial charge < -0.3 is 5.32 Å². The van der Waals surface area contributed by atoms with Crippen molar-refractivity contribution in [3.63, 3.8) is 0 Å². The van der Waals surface area contributed by atoms with Crippen LogP contribution >= 0.6 is 23.2 Å². The number of hydrogen-bond acceptors (Lipinski definition) is 4. The SMILES string of the molecule is CCCCn1nnc(NCc2cccc(Cl)c2Cl)n1. The molecule has 0 saturated heterocycles. The van der Waals surface area contributed by atoms with Crippen LogP contribution in [0.2, 0.25) is 10.0 Å². The Morgan fingerprint density at radius 3 is 2.95 bits per heavy atom. The molecule has 0 bridgehead atoms. The largest absolute Gasteiger partial charge is 0.347 e. The van der Waals surface area contributed by atoms with Gasteiger partial charge in [-0.2, -0.15) is 4.80 Å². The summed E-state index contributed by atoms with van der Waals surface area (Å²) in [7, 11) is 0. The van der Waals surface area contributed by atoms with E-state index in [2.05, 4.69) is 27.7 Å². The number of halogens is 2. The van der Waals surface area contributed by atoms with Gasteiger partial charge in [0.05, 0.1) is 16.6 Å². The number of anilines is 1. The monoisotopic (exact) mass is 299 g/mol. The molecule has 0 aliphatic rings. The van der Waals surface area contributed by atoms with Crippen molar-refractivity contribution < 1.29 is 0 Å². The Bertz CT molecular complexity index is 541. The van der Waals surface area contributed by atoms with E-state index in [0.717, 1.165) is 24.9 Å². The first-order valence-corrected chi connectivity index (χ1v) is 6.91. The zero-order valence-corrected chi connectivity index (χ0v) is 12.1. The fourth-order valence-corrected chi connectivity index (χ4v) is 1.95.